The van der Waals surface area contributed by atoms with E-state index in [0.29, 0.717) is 18.2 Å². The summed E-state index contributed by atoms with van der Waals surface area (Å²) < 4.78 is 5.85. The first-order valence-electron chi connectivity index (χ1n) is 9.20. The molecule has 1 aliphatic carbocycles. The molecule has 21 heavy (non-hydrogen) atoms. The SMILES string of the molecule is CCCNC1CCC(C(C)C)CC1N1CCCOC(C)C1. The van der Waals surface area contributed by atoms with Crippen molar-refractivity contribution in [3.8, 4) is 0 Å². The van der Waals surface area contributed by atoms with E-state index in [-0.39, 0.29) is 0 Å². The molecule has 1 aliphatic heterocycles. The molecule has 1 saturated heterocycles. The summed E-state index contributed by atoms with van der Waals surface area (Å²) in [6, 6.07) is 1.40. The van der Waals surface area contributed by atoms with Crippen LogP contribution < -0.4 is 5.32 Å². The molecule has 1 heterocycles. The first-order valence-corrected chi connectivity index (χ1v) is 9.20. The Balaban J connectivity index is 2.03. The van der Waals surface area contributed by atoms with Gasteiger partial charge in [-0.2, -0.15) is 0 Å². The maximum absolute atomic E-state index is 5.85. The van der Waals surface area contributed by atoms with Gasteiger partial charge in [0, 0.05) is 31.8 Å². The molecular formula is C18H36N2O. The van der Waals surface area contributed by atoms with Gasteiger partial charge < -0.3 is 10.1 Å². The van der Waals surface area contributed by atoms with E-state index >= 15 is 0 Å². The van der Waals surface area contributed by atoms with E-state index in [0.717, 1.165) is 31.5 Å². The molecule has 0 bridgehead atoms. The number of hydrogen-bond donors (Lipinski definition) is 1. The van der Waals surface area contributed by atoms with Gasteiger partial charge in [-0.1, -0.05) is 20.8 Å². The van der Waals surface area contributed by atoms with Crippen LogP contribution in [0.5, 0.6) is 0 Å². The average molecular weight is 296 g/mol. The average Bonchev–Trinajstić information content (AvgIpc) is 2.69. The third-order valence-corrected chi connectivity index (χ3v) is 5.41. The molecule has 3 nitrogen and oxygen atoms in total. The maximum Gasteiger partial charge on any atom is 0.0674 e. The summed E-state index contributed by atoms with van der Waals surface area (Å²) in [5, 5.41) is 3.83. The maximum atomic E-state index is 5.85. The molecule has 124 valence electrons. The number of rotatable bonds is 5. The highest BCUT2D eigenvalue weighted by Gasteiger charge is 2.35. The van der Waals surface area contributed by atoms with Crippen LogP contribution in [0.1, 0.15) is 59.8 Å². The van der Waals surface area contributed by atoms with Crippen LogP contribution in [-0.4, -0.2) is 49.3 Å². The van der Waals surface area contributed by atoms with Crippen LogP contribution in [0, 0.1) is 11.8 Å². The largest absolute Gasteiger partial charge is 0.377 e. The van der Waals surface area contributed by atoms with E-state index in [4.69, 9.17) is 4.74 Å². The monoisotopic (exact) mass is 296 g/mol. The first-order chi connectivity index (χ1) is 10.1. The summed E-state index contributed by atoms with van der Waals surface area (Å²) in [5.41, 5.74) is 0. The number of ether oxygens (including phenoxy) is 1. The van der Waals surface area contributed by atoms with Crippen LogP contribution in [0.25, 0.3) is 0 Å². The van der Waals surface area contributed by atoms with Crippen LogP contribution in [0.4, 0.5) is 0 Å². The highest BCUT2D eigenvalue weighted by Crippen LogP contribution is 2.33. The Morgan fingerprint density at radius 1 is 1.29 bits per heavy atom. The van der Waals surface area contributed by atoms with E-state index < -0.39 is 0 Å². The molecule has 0 aromatic carbocycles. The van der Waals surface area contributed by atoms with Crippen molar-refractivity contribution in [2.24, 2.45) is 11.8 Å². The van der Waals surface area contributed by atoms with E-state index in [1.807, 2.05) is 0 Å². The van der Waals surface area contributed by atoms with Gasteiger partial charge in [0.05, 0.1) is 6.10 Å². The summed E-state index contributed by atoms with van der Waals surface area (Å²) in [6.07, 6.45) is 6.92. The minimum Gasteiger partial charge on any atom is -0.377 e. The highest BCUT2D eigenvalue weighted by molar-refractivity contribution is 4.93. The summed E-state index contributed by atoms with van der Waals surface area (Å²) >= 11 is 0. The van der Waals surface area contributed by atoms with E-state index in [9.17, 15) is 0 Å². The van der Waals surface area contributed by atoms with Gasteiger partial charge >= 0.3 is 0 Å². The summed E-state index contributed by atoms with van der Waals surface area (Å²) in [6.45, 7) is 13.7. The Labute approximate surface area is 131 Å². The van der Waals surface area contributed by atoms with Crippen molar-refractivity contribution in [2.45, 2.75) is 78.0 Å². The quantitative estimate of drug-likeness (QED) is 0.842. The van der Waals surface area contributed by atoms with Gasteiger partial charge in [-0.15, -0.1) is 0 Å². The van der Waals surface area contributed by atoms with E-state index in [1.54, 1.807) is 0 Å². The zero-order valence-corrected chi connectivity index (χ0v) is 14.6. The smallest absolute Gasteiger partial charge is 0.0674 e. The molecule has 2 fully saturated rings. The molecule has 0 aromatic rings. The Hall–Kier alpha value is -0.120. The fraction of sp³-hybridized carbons (Fsp3) is 1.00. The van der Waals surface area contributed by atoms with Crippen LogP contribution in [0.2, 0.25) is 0 Å². The fourth-order valence-electron chi connectivity index (χ4n) is 4.08. The van der Waals surface area contributed by atoms with Crippen molar-refractivity contribution in [2.75, 3.05) is 26.2 Å². The molecule has 4 atom stereocenters. The molecule has 0 aromatic heterocycles. The Morgan fingerprint density at radius 3 is 2.81 bits per heavy atom. The molecular weight excluding hydrogens is 260 g/mol. The van der Waals surface area contributed by atoms with E-state index in [1.165, 1.54) is 38.6 Å². The third-order valence-electron chi connectivity index (χ3n) is 5.41. The van der Waals surface area contributed by atoms with E-state index in [2.05, 4.69) is 37.9 Å². The van der Waals surface area contributed by atoms with Gasteiger partial charge in [0.25, 0.3) is 0 Å². The molecule has 1 N–H and O–H groups in total. The second-order valence-electron chi connectivity index (χ2n) is 7.48. The molecule has 3 heteroatoms. The van der Waals surface area contributed by atoms with Crippen molar-refractivity contribution in [1.82, 2.24) is 10.2 Å². The molecule has 0 radical (unpaired) electrons. The molecule has 0 spiro atoms. The van der Waals surface area contributed by atoms with Crippen molar-refractivity contribution in [3.05, 3.63) is 0 Å². The molecule has 1 saturated carbocycles. The van der Waals surface area contributed by atoms with Crippen LogP contribution in [0.3, 0.4) is 0 Å². The molecule has 0 amide bonds. The van der Waals surface area contributed by atoms with Gasteiger partial charge in [0.1, 0.15) is 0 Å². The summed E-state index contributed by atoms with van der Waals surface area (Å²) in [5.74, 6) is 1.72. The lowest BCUT2D eigenvalue weighted by Gasteiger charge is -2.44. The standard InChI is InChI=1S/C18H36N2O/c1-5-9-19-17-8-7-16(14(2)3)12-18(17)20-10-6-11-21-15(4)13-20/h14-19H,5-13H2,1-4H3. The summed E-state index contributed by atoms with van der Waals surface area (Å²) in [7, 11) is 0. The number of nitrogens with one attached hydrogen (secondary N) is 1. The predicted octanol–water partition coefficient (Wildman–Crippen LogP) is 3.29. The van der Waals surface area contributed by atoms with Crippen LogP contribution >= 0.6 is 0 Å². The fourth-order valence-corrected chi connectivity index (χ4v) is 4.08. The minimum absolute atomic E-state index is 0.388. The minimum atomic E-state index is 0.388. The lowest BCUT2D eigenvalue weighted by Crippen LogP contribution is -2.55. The van der Waals surface area contributed by atoms with Crippen molar-refractivity contribution in [1.29, 1.82) is 0 Å². The highest BCUT2D eigenvalue weighted by atomic mass is 16.5. The predicted molar refractivity (Wildman–Crippen MR) is 89.7 cm³/mol. The van der Waals surface area contributed by atoms with Crippen molar-refractivity contribution < 1.29 is 4.74 Å². The van der Waals surface area contributed by atoms with Gasteiger partial charge in [-0.25, -0.2) is 0 Å². The number of hydrogen-bond acceptors (Lipinski definition) is 3. The lowest BCUT2D eigenvalue weighted by atomic mass is 9.76. The second-order valence-corrected chi connectivity index (χ2v) is 7.48. The third kappa shape index (κ3) is 4.94. The zero-order chi connectivity index (χ0) is 15.2. The van der Waals surface area contributed by atoms with Gasteiger partial charge in [0.2, 0.25) is 0 Å². The Morgan fingerprint density at radius 2 is 2.10 bits per heavy atom. The lowest BCUT2D eigenvalue weighted by molar-refractivity contribution is 0.0400. The van der Waals surface area contributed by atoms with Gasteiger partial charge in [-0.3, -0.25) is 4.90 Å². The normalized spacial score (nSPS) is 35.9. The molecule has 2 rings (SSSR count). The van der Waals surface area contributed by atoms with Crippen molar-refractivity contribution >= 4 is 0 Å². The Kier molecular flexibility index (Phi) is 6.97. The van der Waals surface area contributed by atoms with Crippen molar-refractivity contribution in [3.63, 3.8) is 0 Å². The Bertz CT molecular complexity index is 295. The zero-order valence-electron chi connectivity index (χ0n) is 14.6. The molecule has 4 unspecified atom stereocenters. The second kappa shape index (κ2) is 8.50. The van der Waals surface area contributed by atoms with Gasteiger partial charge in [-0.05, 0) is 57.4 Å². The van der Waals surface area contributed by atoms with Crippen LogP contribution in [0.15, 0.2) is 0 Å². The topological polar surface area (TPSA) is 24.5 Å². The van der Waals surface area contributed by atoms with Gasteiger partial charge in [0.15, 0.2) is 0 Å². The summed E-state index contributed by atoms with van der Waals surface area (Å²) in [4.78, 5) is 2.74. The first kappa shape index (κ1) is 17.2. The van der Waals surface area contributed by atoms with Crippen LogP contribution in [-0.2, 0) is 4.74 Å². The number of nitrogens with zero attached hydrogens (tertiary/aromatic N) is 1. The molecule has 2 aliphatic rings.